The molecular weight excluding hydrogens is 288 g/mol. The number of carbonyl (C=O) groups is 1. The Morgan fingerprint density at radius 3 is 2.64 bits per heavy atom. The lowest BCUT2D eigenvalue weighted by molar-refractivity contribution is -0.131. The molecule has 0 spiro atoms. The van der Waals surface area contributed by atoms with Gasteiger partial charge in [0.25, 0.3) is 0 Å². The van der Waals surface area contributed by atoms with Gasteiger partial charge in [-0.2, -0.15) is 0 Å². The quantitative estimate of drug-likeness (QED) is 0.929. The number of aliphatic hydroxyl groups is 1. The first-order valence-electron chi connectivity index (χ1n) is 7.68. The van der Waals surface area contributed by atoms with Crippen LogP contribution in [0.3, 0.4) is 0 Å². The van der Waals surface area contributed by atoms with E-state index in [1.807, 2.05) is 20.8 Å². The molecule has 2 rings (SSSR count). The first kappa shape index (κ1) is 16.9. The Balaban J connectivity index is 1.95. The summed E-state index contributed by atoms with van der Waals surface area (Å²) in [5, 5.41) is 10.6. The van der Waals surface area contributed by atoms with Crippen molar-refractivity contribution in [2.45, 2.75) is 39.2 Å². The van der Waals surface area contributed by atoms with E-state index >= 15 is 0 Å². The van der Waals surface area contributed by atoms with E-state index in [9.17, 15) is 18.7 Å². The number of aryl methyl sites for hydroxylation is 1. The van der Waals surface area contributed by atoms with Gasteiger partial charge < -0.3 is 10.0 Å². The highest BCUT2D eigenvalue weighted by Gasteiger charge is 2.46. The van der Waals surface area contributed by atoms with E-state index in [1.54, 1.807) is 4.90 Å². The molecule has 2 atom stereocenters. The minimum Gasteiger partial charge on any atom is -0.387 e. The molecule has 0 saturated carbocycles. The Labute approximate surface area is 129 Å². The minimum atomic E-state index is -0.895. The molecule has 0 aromatic heterocycles. The average Bonchev–Trinajstić information content (AvgIpc) is 2.77. The summed E-state index contributed by atoms with van der Waals surface area (Å²) in [5.74, 6) is -1.74. The largest absolute Gasteiger partial charge is 0.387 e. The van der Waals surface area contributed by atoms with Gasteiger partial charge in [0.1, 0.15) is 0 Å². The number of amides is 1. The van der Waals surface area contributed by atoms with E-state index in [2.05, 4.69) is 0 Å². The molecule has 1 aromatic rings. The molecule has 1 saturated heterocycles. The van der Waals surface area contributed by atoms with Crippen LogP contribution in [0, 0.1) is 23.5 Å². The maximum atomic E-state index is 13.1. The third-order valence-electron chi connectivity index (χ3n) is 4.76. The Bertz CT molecular complexity index is 562. The number of nitrogens with zero attached hydrogens (tertiary/aromatic N) is 1. The van der Waals surface area contributed by atoms with Crippen molar-refractivity contribution >= 4 is 5.91 Å². The zero-order chi connectivity index (χ0) is 16.5. The molecule has 0 unspecified atom stereocenters. The zero-order valence-corrected chi connectivity index (χ0v) is 13.3. The molecule has 3 nitrogen and oxygen atoms in total. The van der Waals surface area contributed by atoms with Gasteiger partial charge >= 0.3 is 0 Å². The van der Waals surface area contributed by atoms with E-state index in [0.717, 1.165) is 12.1 Å². The number of rotatable bonds is 4. The molecule has 1 N–H and O–H groups in total. The highest BCUT2D eigenvalue weighted by molar-refractivity contribution is 5.77. The fourth-order valence-corrected chi connectivity index (χ4v) is 3.06. The number of carbonyl (C=O) groups excluding carboxylic acids is 1. The molecule has 0 radical (unpaired) electrons. The summed E-state index contributed by atoms with van der Waals surface area (Å²) < 4.78 is 26.0. The fraction of sp³-hybridized carbons (Fsp3) is 0.588. The summed E-state index contributed by atoms with van der Waals surface area (Å²) in [6.45, 7) is 6.72. The highest BCUT2D eigenvalue weighted by atomic mass is 19.2. The Hall–Kier alpha value is -1.49. The van der Waals surface area contributed by atoms with Gasteiger partial charge in [-0.25, -0.2) is 8.78 Å². The predicted octanol–water partition coefficient (Wildman–Crippen LogP) is 2.76. The van der Waals surface area contributed by atoms with Crippen molar-refractivity contribution in [2.75, 3.05) is 13.1 Å². The summed E-state index contributed by atoms with van der Waals surface area (Å²) in [6.07, 6.45) is 0.590. The second-order valence-corrected chi connectivity index (χ2v) is 6.57. The fourth-order valence-electron chi connectivity index (χ4n) is 3.06. The van der Waals surface area contributed by atoms with E-state index < -0.39 is 17.2 Å². The molecule has 1 aliphatic heterocycles. The van der Waals surface area contributed by atoms with Crippen LogP contribution >= 0.6 is 0 Å². The summed E-state index contributed by atoms with van der Waals surface area (Å²) in [6, 6.07) is 3.69. The summed E-state index contributed by atoms with van der Waals surface area (Å²) in [7, 11) is 0. The molecule has 0 aliphatic carbocycles. The van der Waals surface area contributed by atoms with Crippen LogP contribution in [0.4, 0.5) is 8.78 Å². The molecule has 1 amide bonds. The van der Waals surface area contributed by atoms with Gasteiger partial charge in [-0.3, -0.25) is 4.79 Å². The topological polar surface area (TPSA) is 40.5 Å². The number of likely N-dealkylation sites (tertiary alicyclic amines) is 1. The summed E-state index contributed by atoms with van der Waals surface area (Å²) in [4.78, 5) is 13.9. The summed E-state index contributed by atoms with van der Waals surface area (Å²) >= 11 is 0. The van der Waals surface area contributed by atoms with Gasteiger partial charge in [0.05, 0.1) is 5.60 Å². The molecular formula is C17H23F2NO2. The van der Waals surface area contributed by atoms with Crippen molar-refractivity contribution in [3.8, 4) is 0 Å². The van der Waals surface area contributed by atoms with Crippen molar-refractivity contribution in [3.05, 3.63) is 35.4 Å². The SMILES string of the molecule is CC(C)[C@]1(O)CN(C(=O)CCc2ccc(F)c(F)c2)C[C@H]1C. The lowest BCUT2D eigenvalue weighted by Gasteiger charge is -2.31. The van der Waals surface area contributed by atoms with Gasteiger partial charge in [-0.05, 0) is 30.0 Å². The van der Waals surface area contributed by atoms with Gasteiger partial charge in [0.15, 0.2) is 11.6 Å². The average molecular weight is 311 g/mol. The zero-order valence-electron chi connectivity index (χ0n) is 13.3. The Morgan fingerprint density at radius 1 is 1.41 bits per heavy atom. The minimum absolute atomic E-state index is 0.0275. The number of hydrogen-bond donors (Lipinski definition) is 1. The van der Waals surface area contributed by atoms with Crippen LogP contribution in [0.2, 0.25) is 0 Å². The van der Waals surface area contributed by atoms with Crippen LogP contribution in [0.15, 0.2) is 18.2 Å². The van der Waals surface area contributed by atoms with Crippen LogP contribution in [-0.4, -0.2) is 34.6 Å². The molecule has 122 valence electrons. The second-order valence-electron chi connectivity index (χ2n) is 6.57. The molecule has 0 bridgehead atoms. The normalized spacial score (nSPS) is 25.0. The number of β-amino-alcohol motifs (C(OH)–C–C–N with tert-alkyl or cyclic N) is 1. The maximum Gasteiger partial charge on any atom is 0.223 e. The molecule has 5 heteroatoms. The van der Waals surface area contributed by atoms with Crippen LogP contribution in [-0.2, 0) is 11.2 Å². The Kier molecular flexibility index (Phi) is 4.85. The lowest BCUT2D eigenvalue weighted by Crippen LogP contribution is -2.43. The first-order chi connectivity index (χ1) is 10.2. The van der Waals surface area contributed by atoms with Crippen LogP contribution in [0.1, 0.15) is 32.8 Å². The Morgan fingerprint density at radius 2 is 2.09 bits per heavy atom. The molecule has 1 heterocycles. The van der Waals surface area contributed by atoms with Gasteiger partial charge in [0, 0.05) is 25.4 Å². The van der Waals surface area contributed by atoms with Crippen molar-refractivity contribution < 1.29 is 18.7 Å². The van der Waals surface area contributed by atoms with Crippen molar-refractivity contribution in [1.82, 2.24) is 4.90 Å². The van der Waals surface area contributed by atoms with Gasteiger partial charge in [0.2, 0.25) is 5.91 Å². The predicted molar refractivity (Wildman–Crippen MR) is 80.2 cm³/mol. The van der Waals surface area contributed by atoms with E-state index in [0.29, 0.717) is 25.1 Å². The lowest BCUT2D eigenvalue weighted by atomic mass is 9.82. The third kappa shape index (κ3) is 3.29. The smallest absolute Gasteiger partial charge is 0.223 e. The third-order valence-corrected chi connectivity index (χ3v) is 4.76. The molecule has 1 aromatic carbocycles. The first-order valence-corrected chi connectivity index (χ1v) is 7.68. The van der Waals surface area contributed by atoms with Crippen LogP contribution < -0.4 is 0 Å². The van der Waals surface area contributed by atoms with Crippen molar-refractivity contribution in [2.24, 2.45) is 11.8 Å². The molecule has 22 heavy (non-hydrogen) atoms. The maximum absolute atomic E-state index is 13.1. The van der Waals surface area contributed by atoms with Crippen LogP contribution in [0.25, 0.3) is 0 Å². The van der Waals surface area contributed by atoms with Gasteiger partial charge in [-0.15, -0.1) is 0 Å². The van der Waals surface area contributed by atoms with Crippen LogP contribution in [0.5, 0.6) is 0 Å². The number of benzene rings is 1. The second kappa shape index (κ2) is 6.32. The summed E-state index contributed by atoms with van der Waals surface area (Å²) in [5.41, 5.74) is -0.254. The molecule has 1 fully saturated rings. The van der Waals surface area contributed by atoms with E-state index in [1.165, 1.54) is 6.07 Å². The highest BCUT2D eigenvalue weighted by Crippen LogP contribution is 2.34. The standard InChI is InChI=1S/C17H23F2NO2/c1-11(2)17(22)10-20(9-12(17)3)16(21)7-5-13-4-6-14(18)15(19)8-13/h4,6,8,11-12,22H,5,7,9-10H2,1-3H3/t12-,17-/m1/s1. The van der Waals surface area contributed by atoms with Gasteiger partial charge in [-0.1, -0.05) is 26.8 Å². The monoisotopic (exact) mass is 311 g/mol. The van der Waals surface area contributed by atoms with Crippen molar-refractivity contribution in [1.29, 1.82) is 0 Å². The van der Waals surface area contributed by atoms with E-state index in [-0.39, 0.29) is 24.2 Å². The number of hydrogen-bond acceptors (Lipinski definition) is 2. The number of halogens is 2. The van der Waals surface area contributed by atoms with E-state index in [4.69, 9.17) is 0 Å². The molecule has 1 aliphatic rings. The van der Waals surface area contributed by atoms with Crippen molar-refractivity contribution in [3.63, 3.8) is 0 Å².